The van der Waals surface area contributed by atoms with E-state index in [1.54, 1.807) is 0 Å². The monoisotopic (exact) mass is 561 g/mol. The van der Waals surface area contributed by atoms with Gasteiger partial charge in [0.15, 0.2) is 17.5 Å². The van der Waals surface area contributed by atoms with E-state index in [1.165, 1.54) is 10.8 Å². The number of hydrogen-bond donors (Lipinski definition) is 0. The highest BCUT2D eigenvalue weighted by Crippen LogP contribution is 2.38. The SMILES string of the molecule is CC1(C)OB(c2ccc(-c3ccc4ccccc4c3)c(-c3nc(-c4ccccc4)nc(-c4ccccc4)n3)c2)OC1(C)C. The van der Waals surface area contributed by atoms with Gasteiger partial charge in [-0.15, -0.1) is 0 Å². The Morgan fingerprint density at radius 1 is 0.465 bits per heavy atom. The van der Waals surface area contributed by atoms with Gasteiger partial charge in [0.2, 0.25) is 0 Å². The summed E-state index contributed by atoms with van der Waals surface area (Å²) in [7, 11) is -0.515. The van der Waals surface area contributed by atoms with Crippen LogP contribution >= 0.6 is 0 Å². The molecule has 1 fully saturated rings. The van der Waals surface area contributed by atoms with Gasteiger partial charge in [-0.25, -0.2) is 15.0 Å². The molecule has 0 atom stereocenters. The smallest absolute Gasteiger partial charge is 0.399 e. The molecule has 0 saturated carbocycles. The lowest BCUT2D eigenvalue weighted by atomic mass is 9.77. The van der Waals surface area contributed by atoms with Crippen LogP contribution in [0.1, 0.15) is 27.7 Å². The quantitative estimate of drug-likeness (QED) is 0.200. The molecule has 0 N–H and O–H groups in total. The summed E-state index contributed by atoms with van der Waals surface area (Å²) < 4.78 is 12.9. The molecule has 2 heterocycles. The third-order valence-electron chi connectivity index (χ3n) is 8.57. The zero-order valence-corrected chi connectivity index (χ0v) is 24.8. The van der Waals surface area contributed by atoms with Crippen molar-refractivity contribution in [2.75, 3.05) is 0 Å². The molecule has 6 heteroatoms. The van der Waals surface area contributed by atoms with E-state index in [-0.39, 0.29) is 0 Å². The minimum Gasteiger partial charge on any atom is -0.399 e. The zero-order valence-electron chi connectivity index (χ0n) is 24.8. The van der Waals surface area contributed by atoms with Gasteiger partial charge < -0.3 is 9.31 Å². The molecule has 1 aliphatic rings. The van der Waals surface area contributed by atoms with E-state index in [9.17, 15) is 0 Å². The van der Waals surface area contributed by atoms with Crippen LogP contribution in [0, 0.1) is 0 Å². The molecule has 0 aliphatic carbocycles. The van der Waals surface area contributed by atoms with Crippen molar-refractivity contribution >= 4 is 23.4 Å². The maximum absolute atomic E-state index is 6.45. The lowest BCUT2D eigenvalue weighted by molar-refractivity contribution is 0.00578. The number of nitrogens with zero attached hydrogens (tertiary/aromatic N) is 3. The molecule has 5 aromatic carbocycles. The third-order valence-corrected chi connectivity index (χ3v) is 8.57. The topological polar surface area (TPSA) is 57.1 Å². The molecule has 1 saturated heterocycles. The van der Waals surface area contributed by atoms with Crippen LogP contribution in [0.15, 0.2) is 121 Å². The first-order valence-electron chi connectivity index (χ1n) is 14.6. The average molecular weight is 561 g/mol. The summed E-state index contributed by atoms with van der Waals surface area (Å²) >= 11 is 0. The van der Waals surface area contributed by atoms with Crippen molar-refractivity contribution in [2.45, 2.75) is 38.9 Å². The van der Waals surface area contributed by atoms with Crippen LogP contribution < -0.4 is 5.46 Å². The average Bonchev–Trinajstić information content (AvgIpc) is 3.27. The molecule has 5 nitrogen and oxygen atoms in total. The molecule has 0 amide bonds. The van der Waals surface area contributed by atoms with Gasteiger partial charge in [0.05, 0.1) is 11.2 Å². The van der Waals surface area contributed by atoms with Crippen LogP contribution in [0.2, 0.25) is 0 Å². The molecule has 6 aromatic rings. The fourth-order valence-electron chi connectivity index (χ4n) is 5.41. The maximum Gasteiger partial charge on any atom is 0.494 e. The van der Waals surface area contributed by atoms with Gasteiger partial charge in [-0.1, -0.05) is 115 Å². The number of hydrogen-bond acceptors (Lipinski definition) is 5. The van der Waals surface area contributed by atoms with Crippen LogP contribution in [0.3, 0.4) is 0 Å². The molecular formula is C37H32BN3O2. The highest BCUT2D eigenvalue weighted by atomic mass is 16.7. The Kier molecular flexibility index (Phi) is 6.68. The first-order valence-corrected chi connectivity index (χ1v) is 14.6. The maximum atomic E-state index is 6.45. The Bertz CT molecular complexity index is 1870. The van der Waals surface area contributed by atoms with Crippen molar-refractivity contribution < 1.29 is 9.31 Å². The van der Waals surface area contributed by atoms with E-state index in [4.69, 9.17) is 24.3 Å². The Balaban J connectivity index is 1.45. The minimum absolute atomic E-state index is 0.455. The van der Waals surface area contributed by atoms with Crippen molar-refractivity contribution in [2.24, 2.45) is 0 Å². The summed E-state index contributed by atoms with van der Waals surface area (Å²) in [5.74, 6) is 1.83. The normalized spacial score (nSPS) is 15.6. The highest BCUT2D eigenvalue weighted by Gasteiger charge is 2.51. The first-order chi connectivity index (χ1) is 20.8. The second-order valence-electron chi connectivity index (χ2n) is 12.0. The summed E-state index contributed by atoms with van der Waals surface area (Å²) in [6.07, 6.45) is 0. The van der Waals surface area contributed by atoms with Gasteiger partial charge in [0, 0.05) is 16.7 Å². The zero-order chi connectivity index (χ0) is 29.6. The van der Waals surface area contributed by atoms with Crippen molar-refractivity contribution in [1.82, 2.24) is 15.0 Å². The van der Waals surface area contributed by atoms with Gasteiger partial charge in [-0.2, -0.15) is 0 Å². The lowest BCUT2D eigenvalue weighted by Crippen LogP contribution is -2.41. The van der Waals surface area contributed by atoms with Crippen molar-refractivity contribution in [3.8, 4) is 45.3 Å². The molecule has 0 unspecified atom stereocenters. The largest absolute Gasteiger partial charge is 0.494 e. The number of rotatable bonds is 5. The van der Waals surface area contributed by atoms with E-state index in [0.29, 0.717) is 17.5 Å². The fourth-order valence-corrected chi connectivity index (χ4v) is 5.41. The molecule has 7 rings (SSSR count). The number of aromatic nitrogens is 3. The highest BCUT2D eigenvalue weighted by molar-refractivity contribution is 6.62. The van der Waals surface area contributed by atoms with Crippen molar-refractivity contribution in [3.05, 3.63) is 121 Å². The predicted octanol–water partition coefficient (Wildman–Crippen LogP) is 7.99. The first kappa shape index (κ1) is 27.2. The number of fused-ring (bicyclic) bond motifs is 1. The van der Waals surface area contributed by atoms with E-state index in [0.717, 1.165) is 33.3 Å². The molecule has 0 spiro atoms. The fraction of sp³-hybridized carbons (Fsp3) is 0.162. The van der Waals surface area contributed by atoms with Gasteiger partial charge in [0.25, 0.3) is 0 Å². The van der Waals surface area contributed by atoms with E-state index in [2.05, 4.69) is 88.4 Å². The van der Waals surface area contributed by atoms with Crippen LogP contribution in [0.5, 0.6) is 0 Å². The Hall–Kier alpha value is -4.65. The van der Waals surface area contributed by atoms with Crippen LogP contribution in [-0.2, 0) is 9.31 Å². The van der Waals surface area contributed by atoms with Crippen LogP contribution in [0.4, 0.5) is 0 Å². The summed E-state index contributed by atoms with van der Waals surface area (Å²) in [5.41, 5.74) is 4.86. The Morgan fingerprint density at radius 2 is 1.00 bits per heavy atom. The molecule has 1 aliphatic heterocycles. The van der Waals surface area contributed by atoms with Crippen LogP contribution in [-0.4, -0.2) is 33.3 Å². The predicted molar refractivity (Wildman–Crippen MR) is 175 cm³/mol. The molecule has 0 bridgehead atoms. The molecule has 43 heavy (non-hydrogen) atoms. The minimum atomic E-state index is -0.515. The van der Waals surface area contributed by atoms with E-state index >= 15 is 0 Å². The van der Waals surface area contributed by atoms with Gasteiger partial charge >= 0.3 is 7.12 Å². The van der Waals surface area contributed by atoms with E-state index in [1.807, 2.05) is 60.7 Å². The van der Waals surface area contributed by atoms with Crippen molar-refractivity contribution in [1.29, 1.82) is 0 Å². The Labute approximate surface area is 252 Å². The third kappa shape index (κ3) is 5.14. The second kappa shape index (κ2) is 10.6. The van der Waals surface area contributed by atoms with Crippen molar-refractivity contribution in [3.63, 3.8) is 0 Å². The Morgan fingerprint density at radius 3 is 1.60 bits per heavy atom. The molecule has 210 valence electrons. The van der Waals surface area contributed by atoms with Gasteiger partial charge in [-0.05, 0) is 61.1 Å². The summed E-state index contributed by atoms with van der Waals surface area (Å²) in [6, 6.07) is 41.4. The molecule has 0 radical (unpaired) electrons. The summed E-state index contributed by atoms with van der Waals surface area (Å²) in [6.45, 7) is 8.28. The summed E-state index contributed by atoms with van der Waals surface area (Å²) in [4.78, 5) is 15.0. The van der Waals surface area contributed by atoms with Gasteiger partial charge in [-0.3, -0.25) is 0 Å². The standard InChI is InChI=1S/C37H32BN3O2/c1-36(2)37(3,4)43-38(42-36)30-21-22-31(29-20-19-25-13-11-12-18-28(25)23-29)32(24-30)35-40-33(26-14-7-5-8-15-26)39-34(41-35)27-16-9-6-10-17-27/h5-24H,1-4H3. The molecule has 1 aromatic heterocycles. The lowest BCUT2D eigenvalue weighted by Gasteiger charge is -2.32. The number of benzene rings is 5. The summed E-state index contributed by atoms with van der Waals surface area (Å²) in [5, 5.41) is 2.37. The van der Waals surface area contributed by atoms with Crippen LogP contribution in [0.25, 0.3) is 56.1 Å². The van der Waals surface area contributed by atoms with Gasteiger partial charge in [0.1, 0.15) is 0 Å². The van der Waals surface area contributed by atoms with E-state index < -0.39 is 18.3 Å². The molecular weight excluding hydrogens is 529 g/mol. The second-order valence-corrected chi connectivity index (χ2v) is 12.0.